The van der Waals surface area contributed by atoms with Crippen LogP contribution in [0.2, 0.25) is 0 Å². The molecule has 0 radical (unpaired) electrons. The highest BCUT2D eigenvalue weighted by atomic mass is 16.2. The number of benzene rings is 2. The number of aromatic nitrogens is 3. The highest BCUT2D eigenvalue weighted by Crippen LogP contribution is 2.14. The zero-order valence-corrected chi connectivity index (χ0v) is 14.1. The van der Waals surface area contributed by atoms with Crippen molar-refractivity contribution in [3.05, 3.63) is 72.4 Å². The van der Waals surface area contributed by atoms with E-state index >= 15 is 0 Å². The van der Waals surface area contributed by atoms with Crippen molar-refractivity contribution in [2.75, 3.05) is 0 Å². The molecular formula is C19H19N5O2. The zero-order valence-electron chi connectivity index (χ0n) is 14.1. The van der Waals surface area contributed by atoms with Crippen LogP contribution >= 0.6 is 0 Å². The van der Waals surface area contributed by atoms with E-state index in [9.17, 15) is 9.59 Å². The number of nitrogens with two attached hydrogens (primary N) is 1. The molecule has 1 heterocycles. The van der Waals surface area contributed by atoms with Crippen molar-refractivity contribution in [1.29, 1.82) is 0 Å². The second kappa shape index (κ2) is 8.06. The number of hydrogen-bond donors (Lipinski definition) is 2. The van der Waals surface area contributed by atoms with Gasteiger partial charge in [0.1, 0.15) is 18.3 Å². The molecule has 0 saturated heterocycles. The summed E-state index contributed by atoms with van der Waals surface area (Å²) >= 11 is 0. The van der Waals surface area contributed by atoms with Gasteiger partial charge in [-0.25, -0.2) is 4.68 Å². The highest BCUT2D eigenvalue weighted by molar-refractivity contribution is 5.86. The molecule has 0 spiro atoms. The molecule has 0 aliphatic carbocycles. The van der Waals surface area contributed by atoms with E-state index in [1.54, 1.807) is 6.20 Å². The third-order valence-electron chi connectivity index (χ3n) is 3.88. The Morgan fingerprint density at radius 3 is 2.35 bits per heavy atom. The molecule has 1 aromatic heterocycles. The first-order valence-corrected chi connectivity index (χ1v) is 8.20. The Morgan fingerprint density at radius 1 is 1.04 bits per heavy atom. The number of rotatable bonds is 7. The van der Waals surface area contributed by atoms with Crippen LogP contribution < -0.4 is 11.1 Å². The SMILES string of the molecule is NC(=O)C(Cc1ccccc1)NC(=O)Cn1cc(-c2ccccc2)nn1. The molecule has 7 heteroatoms. The monoisotopic (exact) mass is 349 g/mol. The first-order valence-electron chi connectivity index (χ1n) is 8.20. The molecule has 2 aromatic carbocycles. The minimum absolute atomic E-state index is 0.0433. The minimum atomic E-state index is -0.776. The van der Waals surface area contributed by atoms with Crippen LogP contribution in [-0.4, -0.2) is 32.9 Å². The third-order valence-corrected chi connectivity index (χ3v) is 3.88. The van der Waals surface area contributed by atoms with E-state index in [1.807, 2.05) is 60.7 Å². The van der Waals surface area contributed by atoms with Gasteiger partial charge in [0, 0.05) is 12.0 Å². The predicted octanol–water partition coefficient (Wildman–Crippen LogP) is 1.16. The average molecular weight is 349 g/mol. The Hall–Kier alpha value is -3.48. The summed E-state index contributed by atoms with van der Waals surface area (Å²) in [6.07, 6.45) is 2.03. The molecule has 7 nitrogen and oxygen atoms in total. The van der Waals surface area contributed by atoms with Crippen LogP contribution in [0, 0.1) is 0 Å². The van der Waals surface area contributed by atoms with Crippen molar-refractivity contribution in [3.63, 3.8) is 0 Å². The fourth-order valence-electron chi connectivity index (χ4n) is 2.58. The van der Waals surface area contributed by atoms with Gasteiger partial charge in [-0.15, -0.1) is 5.10 Å². The molecule has 0 saturated carbocycles. The summed E-state index contributed by atoms with van der Waals surface area (Å²) in [6.45, 7) is -0.0433. The molecule has 2 amide bonds. The summed E-state index contributed by atoms with van der Waals surface area (Å²) < 4.78 is 1.43. The van der Waals surface area contributed by atoms with E-state index in [4.69, 9.17) is 5.73 Å². The lowest BCUT2D eigenvalue weighted by Crippen LogP contribution is -2.46. The van der Waals surface area contributed by atoms with Gasteiger partial charge in [-0.3, -0.25) is 9.59 Å². The van der Waals surface area contributed by atoms with Crippen molar-refractivity contribution in [1.82, 2.24) is 20.3 Å². The molecule has 0 bridgehead atoms. The summed E-state index contributed by atoms with van der Waals surface area (Å²) in [6, 6.07) is 18.2. The van der Waals surface area contributed by atoms with Crippen LogP contribution in [-0.2, 0) is 22.6 Å². The molecule has 3 rings (SSSR count). The second-order valence-corrected chi connectivity index (χ2v) is 5.88. The maximum Gasteiger partial charge on any atom is 0.242 e. The summed E-state index contributed by atoms with van der Waals surface area (Å²) in [5.41, 5.74) is 7.93. The van der Waals surface area contributed by atoms with Gasteiger partial charge in [0.2, 0.25) is 11.8 Å². The van der Waals surface area contributed by atoms with Crippen molar-refractivity contribution >= 4 is 11.8 Å². The predicted molar refractivity (Wildman–Crippen MR) is 96.7 cm³/mol. The van der Waals surface area contributed by atoms with Crippen LogP contribution in [0.5, 0.6) is 0 Å². The van der Waals surface area contributed by atoms with Crippen molar-refractivity contribution in [2.45, 2.75) is 19.0 Å². The van der Waals surface area contributed by atoms with Gasteiger partial charge in [0.05, 0.1) is 6.20 Å². The summed E-state index contributed by atoms with van der Waals surface area (Å²) in [5, 5.41) is 10.7. The van der Waals surface area contributed by atoms with Gasteiger partial charge >= 0.3 is 0 Å². The summed E-state index contributed by atoms with van der Waals surface area (Å²) in [7, 11) is 0. The molecule has 1 atom stereocenters. The van der Waals surface area contributed by atoms with E-state index in [0.717, 1.165) is 11.1 Å². The van der Waals surface area contributed by atoms with E-state index in [1.165, 1.54) is 4.68 Å². The van der Waals surface area contributed by atoms with E-state index in [0.29, 0.717) is 12.1 Å². The quantitative estimate of drug-likeness (QED) is 0.668. The molecule has 0 aliphatic heterocycles. The maximum atomic E-state index is 12.3. The number of carbonyl (C=O) groups excluding carboxylic acids is 2. The van der Waals surface area contributed by atoms with Gasteiger partial charge < -0.3 is 11.1 Å². The van der Waals surface area contributed by atoms with Gasteiger partial charge in [-0.2, -0.15) is 0 Å². The molecule has 132 valence electrons. The number of nitrogens with zero attached hydrogens (tertiary/aromatic N) is 3. The van der Waals surface area contributed by atoms with Crippen molar-refractivity contribution in [2.24, 2.45) is 5.73 Å². The number of carbonyl (C=O) groups is 2. The number of amides is 2. The lowest BCUT2D eigenvalue weighted by molar-refractivity contribution is -0.127. The number of hydrogen-bond acceptors (Lipinski definition) is 4. The topological polar surface area (TPSA) is 103 Å². The first-order chi connectivity index (χ1) is 12.6. The molecule has 0 aliphatic rings. The molecule has 0 fully saturated rings. The Morgan fingerprint density at radius 2 is 1.69 bits per heavy atom. The Balaban J connectivity index is 1.62. The van der Waals surface area contributed by atoms with Crippen LogP contribution in [0.25, 0.3) is 11.3 Å². The molecule has 1 unspecified atom stereocenters. The zero-order chi connectivity index (χ0) is 18.4. The van der Waals surface area contributed by atoms with Crippen LogP contribution in [0.1, 0.15) is 5.56 Å². The van der Waals surface area contributed by atoms with E-state index in [-0.39, 0.29) is 12.5 Å². The number of primary amides is 1. The van der Waals surface area contributed by atoms with Crippen LogP contribution in [0.3, 0.4) is 0 Å². The van der Waals surface area contributed by atoms with Gasteiger partial charge in [0.15, 0.2) is 0 Å². The molecule has 26 heavy (non-hydrogen) atoms. The largest absolute Gasteiger partial charge is 0.368 e. The molecular weight excluding hydrogens is 330 g/mol. The Kier molecular flexibility index (Phi) is 5.38. The van der Waals surface area contributed by atoms with Gasteiger partial charge in [-0.1, -0.05) is 65.9 Å². The van der Waals surface area contributed by atoms with E-state index < -0.39 is 11.9 Å². The van der Waals surface area contributed by atoms with Gasteiger partial charge in [-0.05, 0) is 5.56 Å². The lowest BCUT2D eigenvalue weighted by atomic mass is 10.1. The van der Waals surface area contributed by atoms with Crippen molar-refractivity contribution < 1.29 is 9.59 Å². The summed E-state index contributed by atoms with van der Waals surface area (Å²) in [5.74, 6) is -0.931. The Labute approximate surface area is 150 Å². The van der Waals surface area contributed by atoms with Crippen molar-refractivity contribution in [3.8, 4) is 11.3 Å². The Bertz CT molecular complexity index is 877. The maximum absolute atomic E-state index is 12.3. The standard InChI is InChI=1S/C19H19N5O2/c20-19(26)16(11-14-7-3-1-4-8-14)21-18(25)13-24-12-17(22-23-24)15-9-5-2-6-10-15/h1-10,12,16H,11,13H2,(H2,20,26)(H,21,25). The van der Waals surface area contributed by atoms with Crippen LogP contribution in [0.4, 0.5) is 0 Å². The second-order valence-electron chi connectivity index (χ2n) is 5.88. The van der Waals surface area contributed by atoms with Gasteiger partial charge in [0.25, 0.3) is 0 Å². The fourth-order valence-corrected chi connectivity index (χ4v) is 2.58. The van der Waals surface area contributed by atoms with E-state index in [2.05, 4.69) is 15.6 Å². The molecule has 3 N–H and O–H groups in total. The average Bonchev–Trinajstić information content (AvgIpc) is 3.11. The summed E-state index contributed by atoms with van der Waals surface area (Å²) in [4.78, 5) is 23.9. The third kappa shape index (κ3) is 4.54. The number of nitrogens with one attached hydrogen (secondary N) is 1. The minimum Gasteiger partial charge on any atom is -0.368 e. The highest BCUT2D eigenvalue weighted by Gasteiger charge is 2.19. The normalized spacial score (nSPS) is 11.7. The van der Waals surface area contributed by atoms with Crippen LogP contribution in [0.15, 0.2) is 66.9 Å². The lowest BCUT2D eigenvalue weighted by Gasteiger charge is -2.15. The first kappa shape index (κ1) is 17.3. The molecule has 3 aromatic rings. The smallest absolute Gasteiger partial charge is 0.242 e. The fraction of sp³-hybridized carbons (Fsp3) is 0.158.